The van der Waals surface area contributed by atoms with E-state index in [9.17, 15) is 9.59 Å². The van der Waals surface area contributed by atoms with E-state index in [1.54, 1.807) is 30.3 Å². The molecule has 1 aromatic rings. The summed E-state index contributed by atoms with van der Waals surface area (Å²) in [6.07, 6.45) is 4.03. The number of carboxylic acid groups (broad SMARTS) is 1. The molecule has 0 aliphatic heterocycles. The van der Waals surface area contributed by atoms with E-state index in [1.807, 2.05) is 6.92 Å². The molecule has 1 atom stereocenters. The van der Waals surface area contributed by atoms with Crippen LogP contribution in [0.15, 0.2) is 30.3 Å². The molecule has 0 saturated carbocycles. The van der Waals surface area contributed by atoms with E-state index in [4.69, 9.17) is 16.7 Å². The quantitative estimate of drug-likeness (QED) is 0.788. The fourth-order valence-corrected chi connectivity index (χ4v) is 1.64. The van der Waals surface area contributed by atoms with Crippen molar-refractivity contribution < 1.29 is 14.7 Å². The SMILES string of the molecule is CCC[C@H](NC(=O)/C=C/c1ccc(Cl)cc1)C(=O)O. The van der Waals surface area contributed by atoms with E-state index in [1.165, 1.54) is 6.08 Å². The van der Waals surface area contributed by atoms with E-state index in [0.29, 0.717) is 17.9 Å². The average Bonchev–Trinajstić information content (AvgIpc) is 2.37. The van der Waals surface area contributed by atoms with Crippen LogP contribution in [0.1, 0.15) is 25.3 Å². The van der Waals surface area contributed by atoms with Gasteiger partial charge in [0.2, 0.25) is 5.91 Å². The minimum absolute atomic E-state index is 0.413. The summed E-state index contributed by atoms with van der Waals surface area (Å²) in [5, 5.41) is 12.0. The molecular weight excluding hydrogens is 266 g/mol. The van der Waals surface area contributed by atoms with E-state index >= 15 is 0 Å². The number of aliphatic carboxylic acids is 1. The van der Waals surface area contributed by atoms with Gasteiger partial charge in [0.1, 0.15) is 6.04 Å². The minimum atomic E-state index is -1.02. The number of carboxylic acids is 1. The Labute approximate surface area is 117 Å². The molecule has 19 heavy (non-hydrogen) atoms. The summed E-state index contributed by atoms with van der Waals surface area (Å²) in [7, 11) is 0. The average molecular weight is 282 g/mol. The van der Waals surface area contributed by atoms with Gasteiger partial charge in [-0.25, -0.2) is 4.79 Å². The van der Waals surface area contributed by atoms with Crippen molar-refractivity contribution in [1.29, 1.82) is 0 Å². The molecule has 0 aliphatic carbocycles. The number of carbonyl (C=O) groups excluding carboxylic acids is 1. The molecule has 0 radical (unpaired) electrons. The predicted octanol–water partition coefficient (Wildman–Crippen LogP) is 2.72. The van der Waals surface area contributed by atoms with Crippen LogP contribution in [0.25, 0.3) is 6.08 Å². The van der Waals surface area contributed by atoms with Gasteiger partial charge in [0, 0.05) is 11.1 Å². The number of halogens is 1. The third-order valence-electron chi connectivity index (χ3n) is 2.49. The van der Waals surface area contributed by atoms with Gasteiger partial charge >= 0.3 is 5.97 Å². The maximum atomic E-state index is 11.6. The van der Waals surface area contributed by atoms with Gasteiger partial charge in [-0.2, -0.15) is 0 Å². The van der Waals surface area contributed by atoms with Crippen LogP contribution in [0.4, 0.5) is 0 Å². The van der Waals surface area contributed by atoms with E-state index in [0.717, 1.165) is 5.56 Å². The lowest BCUT2D eigenvalue weighted by molar-refractivity contribution is -0.141. The first-order chi connectivity index (χ1) is 9.02. The number of benzene rings is 1. The Hall–Kier alpha value is -1.81. The largest absolute Gasteiger partial charge is 0.480 e. The van der Waals surface area contributed by atoms with Crippen molar-refractivity contribution in [1.82, 2.24) is 5.32 Å². The van der Waals surface area contributed by atoms with Crippen LogP contribution in [0, 0.1) is 0 Å². The predicted molar refractivity (Wildman–Crippen MR) is 75.0 cm³/mol. The first kappa shape index (κ1) is 15.2. The number of rotatable bonds is 6. The van der Waals surface area contributed by atoms with Crippen LogP contribution in [-0.4, -0.2) is 23.0 Å². The second-order valence-electron chi connectivity index (χ2n) is 4.07. The zero-order chi connectivity index (χ0) is 14.3. The van der Waals surface area contributed by atoms with Crippen LogP contribution in [0.3, 0.4) is 0 Å². The Morgan fingerprint density at radius 3 is 2.53 bits per heavy atom. The van der Waals surface area contributed by atoms with E-state index in [2.05, 4.69) is 5.32 Å². The van der Waals surface area contributed by atoms with Crippen molar-refractivity contribution in [3.05, 3.63) is 40.9 Å². The number of amides is 1. The van der Waals surface area contributed by atoms with Crippen molar-refractivity contribution in [2.75, 3.05) is 0 Å². The minimum Gasteiger partial charge on any atom is -0.480 e. The topological polar surface area (TPSA) is 66.4 Å². The first-order valence-corrected chi connectivity index (χ1v) is 6.37. The van der Waals surface area contributed by atoms with Gasteiger partial charge in [0.15, 0.2) is 0 Å². The van der Waals surface area contributed by atoms with Crippen molar-refractivity contribution in [3.8, 4) is 0 Å². The van der Waals surface area contributed by atoms with Gasteiger partial charge in [-0.3, -0.25) is 4.79 Å². The molecule has 1 rings (SSSR count). The van der Waals surface area contributed by atoms with Gasteiger partial charge in [-0.1, -0.05) is 37.1 Å². The molecule has 1 aromatic carbocycles. The lowest BCUT2D eigenvalue weighted by Crippen LogP contribution is -2.39. The van der Waals surface area contributed by atoms with Crippen LogP contribution < -0.4 is 5.32 Å². The molecule has 1 amide bonds. The number of nitrogens with one attached hydrogen (secondary N) is 1. The monoisotopic (exact) mass is 281 g/mol. The molecule has 0 heterocycles. The second kappa shape index (κ2) is 7.59. The van der Waals surface area contributed by atoms with Crippen molar-refractivity contribution in [3.63, 3.8) is 0 Å². The maximum absolute atomic E-state index is 11.6. The lowest BCUT2D eigenvalue weighted by atomic mass is 10.1. The molecule has 0 aromatic heterocycles. The molecule has 0 aliphatic rings. The smallest absolute Gasteiger partial charge is 0.326 e. The summed E-state index contributed by atoms with van der Waals surface area (Å²) >= 11 is 5.74. The number of carbonyl (C=O) groups is 2. The van der Waals surface area contributed by atoms with Gasteiger partial charge < -0.3 is 10.4 Å². The summed E-state index contributed by atoms with van der Waals surface area (Å²) in [6, 6.07) is 6.14. The summed E-state index contributed by atoms with van der Waals surface area (Å²) < 4.78 is 0. The third kappa shape index (κ3) is 5.57. The first-order valence-electron chi connectivity index (χ1n) is 6.00. The molecule has 0 spiro atoms. The standard InChI is InChI=1S/C14H16ClNO3/c1-2-3-12(14(18)19)16-13(17)9-6-10-4-7-11(15)8-5-10/h4-9,12H,2-3H2,1H3,(H,16,17)(H,18,19)/b9-6+/t12-/m0/s1. The highest BCUT2D eigenvalue weighted by atomic mass is 35.5. The Morgan fingerprint density at radius 1 is 1.37 bits per heavy atom. The fourth-order valence-electron chi connectivity index (χ4n) is 1.51. The number of hydrogen-bond acceptors (Lipinski definition) is 2. The van der Waals surface area contributed by atoms with Crippen LogP contribution in [0.5, 0.6) is 0 Å². The molecule has 2 N–H and O–H groups in total. The normalized spacial score (nSPS) is 12.3. The van der Waals surface area contributed by atoms with E-state index in [-0.39, 0.29) is 0 Å². The summed E-state index contributed by atoms with van der Waals surface area (Å²) in [4.78, 5) is 22.5. The highest BCUT2D eigenvalue weighted by Gasteiger charge is 2.17. The molecule has 0 saturated heterocycles. The van der Waals surface area contributed by atoms with Crippen molar-refractivity contribution in [2.24, 2.45) is 0 Å². The lowest BCUT2D eigenvalue weighted by Gasteiger charge is -2.11. The molecule has 0 unspecified atom stereocenters. The Balaban J connectivity index is 2.58. The Bertz CT molecular complexity index is 468. The molecule has 0 bridgehead atoms. The molecule has 5 heteroatoms. The van der Waals surface area contributed by atoms with Crippen LogP contribution >= 0.6 is 11.6 Å². The highest BCUT2D eigenvalue weighted by molar-refractivity contribution is 6.30. The Morgan fingerprint density at radius 2 is 2.00 bits per heavy atom. The Kier molecular flexibility index (Phi) is 6.09. The summed E-state index contributed by atoms with van der Waals surface area (Å²) in [5.74, 6) is -1.44. The molecule has 0 fully saturated rings. The molecule has 102 valence electrons. The maximum Gasteiger partial charge on any atom is 0.326 e. The van der Waals surface area contributed by atoms with Gasteiger partial charge in [-0.15, -0.1) is 0 Å². The van der Waals surface area contributed by atoms with Crippen LogP contribution in [0.2, 0.25) is 5.02 Å². The van der Waals surface area contributed by atoms with Gasteiger partial charge in [-0.05, 0) is 30.2 Å². The van der Waals surface area contributed by atoms with Crippen LogP contribution in [-0.2, 0) is 9.59 Å². The second-order valence-corrected chi connectivity index (χ2v) is 4.51. The zero-order valence-electron chi connectivity index (χ0n) is 10.6. The highest BCUT2D eigenvalue weighted by Crippen LogP contribution is 2.10. The zero-order valence-corrected chi connectivity index (χ0v) is 11.4. The third-order valence-corrected chi connectivity index (χ3v) is 2.74. The van der Waals surface area contributed by atoms with Gasteiger partial charge in [0.25, 0.3) is 0 Å². The van der Waals surface area contributed by atoms with E-state index < -0.39 is 17.9 Å². The van der Waals surface area contributed by atoms with Crippen molar-refractivity contribution >= 4 is 29.6 Å². The summed E-state index contributed by atoms with van der Waals surface area (Å²) in [5.41, 5.74) is 0.821. The van der Waals surface area contributed by atoms with Gasteiger partial charge in [0.05, 0.1) is 0 Å². The molecular formula is C14H16ClNO3. The molecule has 4 nitrogen and oxygen atoms in total. The van der Waals surface area contributed by atoms with Crippen molar-refractivity contribution in [2.45, 2.75) is 25.8 Å². The summed E-state index contributed by atoms with van der Waals surface area (Å²) in [6.45, 7) is 1.87. The number of hydrogen-bond donors (Lipinski definition) is 2. The fraction of sp³-hybridized carbons (Fsp3) is 0.286.